The number of H-pyrrole nitrogens is 1. The lowest BCUT2D eigenvalue weighted by Crippen LogP contribution is -2.50. The summed E-state index contributed by atoms with van der Waals surface area (Å²) in [6.45, 7) is 1.70. The number of amides is 3. The van der Waals surface area contributed by atoms with Crippen LogP contribution >= 0.6 is 0 Å². The van der Waals surface area contributed by atoms with Gasteiger partial charge in [0.25, 0.3) is 11.8 Å². The molecule has 2 aromatic carbocycles. The molecule has 3 amide bonds. The fourth-order valence-corrected chi connectivity index (χ4v) is 3.19. The number of hydrogen-bond donors (Lipinski definition) is 6. The normalized spacial score (nSPS) is 12.5. The van der Waals surface area contributed by atoms with Crippen LogP contribution in [0.4, 0.5) is 5.69 Å². The van der Waals surface area contributed by atoms with Crippen molar-refractivity contribution in [3.63, 3.8) is 0 Å². The average molecular weight is 450 g/mol. The highest BCUT2D eigenvalue weighted by molar-refractivity contribution is 5.98. The summed E-state index contributed by atoms with van der Waals surface area (Å²) < 4.78 is 0. The first kappa shape index (κ1) is 23.6. The smallest absolute Gasteiger partial charge is 0.267 e. The highest BCUT2D eigenvalue weighted by Gasteiger charge is 2.19. The zero-order valence-corrected chi connectivity index (χ0v) is 18.0. The van der Waals surface area contributed by atoms with Crippen molar-refractivity contribution in [2.45, 2.75) is 19.4 Å². The minimum absolute atomic E-state index is 0.0909. The van der Waals surface area contributed by atoms with Crippen LogP contribution < -0.4 is 21.8 Å². The van der Waals surface area contributed by atoms with Crippen molar-refractivity contribution in [3.05, 3.63) is 72.3 Å². The van der Waals surface area contributed by atoms with Crippen molar-refractivity contribution in [2.75, 3.05) is 11.9 Å². The molecule has 2 atom stereocenters. The van der Waals surface area contributed by atoms with E-state index in [1.165, 1.54) is 5.48 Å². The molecule has 0 saturated carbocycles. The highest BCUT2D eigenvalue weighted by atomic mass is 16.5. The number of nitrogens with zero attached hydrogens (tertiary/aromatic N) is 1. The molecule has 10 nitrogen and oxygen atoms in total. The van der Waals surface area contributed by atoms with Crippen LogP contribution in [-0.4, -0.2) is 45.5 Å². The van der Waals surface area contributed by atoms with Crippen LogP contribution in [0.25, 0.3) is 11.1 Å². The van der Waals surface area contributed by atoms with Gasteiger partial charge in [0.1, 0.15) is 6.04 Å². The van der Waals surface area contributed by atoms with Gasteiger partial charge in [0.2, 0.25) is 5.91 Å². The number of nitrogens with two attached hydrogens (primary N) is 1. The van der Waals surface area contributed by atoms with E-state index in [-0.39, 0.29) is 18.4 Å². The molecule has 0 aliphatic carbocycles. The van der Waals surface area contributed by atoms with Crippen molar-refractivity contribution in [2.24, 2.45) is 11.7 Å². The summed E-state index contributed by atoms with van der Waals surface area (Å²) in [7, 11) is 0. The monoisotopic (exact) mass is 450 g/mol. The summed E-state index contributed by atoms with van der Waals surface area (Å²) in [6.07, 6.45) is 3.91. The van der Waals surface area contributed by atoms with Gasteiger partial charge < -0.3 is 21.4 Å². The molecule has 0 aliphatic heterocycles. The first-order chi connectivity index (χ1) is 15.9. The van der Waals surface area contributed by atoms with Crippen LogP contribution in [0.1, 0.15) is 23.0 Å². The second-order valence-corrected chi connectivity index (χ2v) is 7.55. The van der Waals surface area contributed by atoms with Gasteiger partial charge in [0.05, 0.1) is 12.0 Å². The Morgan fingerprint density at radius 1 is 1.03 bits per heavy atom. The number of imidazole rings is 1. The molecule has 1 heterocycles. The Hall–Kier alpha value is -4.02. The van der Waals surface area contributed by atoms with E-state index in [0.717, 1.165) is 16.8 Å². The molecule has 3 rings (SSSR count). The van der Waals surface area contributed by atoms with Gasteiger partial charge >= 0.3 is 0 Å². The molecule has 7 N–H and O–H groups in total. The van der Waals surface area contributed by atoms with Crippen LogP contribution in [0.5, 0.6) is 0 Å². The summed E-state index contributed by atoms with van der Waals surface area (Å²) in [5.41, 5.74) is 10.6. The number of aromatic amines is 1. The fourth-order valence-electron chi connectivity index (χ4n) is 3.19. The number of benzene rings is 2. The van der Waals surface area contributed by atoms with Gasteiger partial charge in [-0.3, -0.25) is 19.6 Å². The number of rotatable bonds is 9. The van der Waals surface area contributed by atoms with E-state index in [1.807, 2.05) is 31.2 Å². The molecule has 10 heteroatoms. The first-order valence-electron chi connectivity index (χ1n) is 10.3. The van der Waals surface area contributed by atoms with Gasteiger partial charge in [-0.1, -0.05) is 31.2 Å². The van der Waals surface area contributed by atoms with E-state index in [9.17, 15) is 14.4 Å². The molecule has 0 bridgehead atoms. The summed E-state index contributed by atoms with van der Waals surface area (Å²) in [6, 6.07) is 13.1. The van der Waals surface area contributed by atoms with E-state index in [2.05, 4.69) is 20.6 Å². The Morgan fingerprint density at radius 2 is 1.67 bits per heavy atom. The minimum Gasteiger partial charge on any atom is -0.351 e. The van der Waals surface area contributed by atoms with E-state index in [1.54, 1.807) is 36.8 Å². The third-order valence-corrected chi connectivity index (χ3v) is 5.12. The molecule has 0 radical (unpaired) electrons. The fraction of sp³-hybridized carbons (Fsp3) is 0.217. The van der Waals surface area contributed by atoms with Crippen LogP contribution in [0.3, 0.4) is 0 Å². The summed E-state index contributed by atoms with van der Waals surface area (Å²) in [5.74, 6) is -1.59. The lowest BCUT2D eigenvalue weighted by Gasteiger charge is -2.14. The predicted molar refractivity (Wildman–Crippen MR) is 122 cm³/mol. The number of carbonyl (C=O) groups excluding carboxylic acids is 3. The standard InChI is InChI=1S/C23H26N6O4/c1-14(10-19-12-25-13-26-19)21(30)27-18-8-6-16(7-9-18)15-2-4-17(5-3-15)22(31)28-20(11-24)23(32)29-33/h2-9,12-14,20,33H,10-11,24H2,1H3,(H,25,26)(H,27,30)(H,28,31)(H,29,32)/t14-,20-/m0/s1. The molecular formula is C23H26N6O4. The van der Waals surface area contributed by atoms with E-state index in [0.29, 0.717) is 17.7 Å². The molecule has 0 fully saturated rings. The largest absolute Gasteiger partial charge is 0.351 e. The second kappa shape index (κ2) is 11.0. The first-order valence-corrected chi connectivity index (χ1v) is 10.3. The van der Waals surface area contributed by atoms with Crippen LogP contribution in [0, 0.1) is 5.92 Å². The quantitative estimate of drug-likeness (QED) is 0.214. The summed E-state index contributed by atoms with van der Waals surface area (Å²) in [5, 5.41) is 14.1. The average Bonchev–Trinajstić information content (AvgIpc) is 3.35. The summed E-state index contributed by atoms with van der Waals surface area (Å²) in [4.78, 5) is 43.2. The third-order valence-electron chi connectivity index (χ3n) is 5.12. The van der Waals surface area contributed by atoms with Gasteiger partial charge in [0.15, 0.2) is 0 Å². The molecule has 0 aliphatic rings. The topological polar surface area (TPSA) is 162 Å². The number of carbonyl (C=O) groups is 3. The maximum Gasteiger partial charge on any atom is 0.267 e. The van der Waals surface area contributed by atoms with E-state index >= 15 is 0 Å². The Bertz CT molecular complexity index is 1080. The number of aromatic nitrogens is 2. The number of hydrogen-bond acceptors (Lipinski definition) is 6. The number of anilines is 1. The lowest BCUT2D eigenvalue weighted by atomic mass is 10.0. The molecule has 172 valence electrons. The maximum absolute atomic E-state index is 12.4. The van der Waals surface area contributed by atoms with Crippen LogP contribution in [-0.2, 0) is 16.0 Å². The molecule has 0 saturated heterocycles. The number of nitrogens with one attached hydrogen (secondary N) is 4. The maximum atomic E-state index is 12.4. The van der Waals surface area contributed by atoms with Gasteiger partial charge in [-0.2, -0.15) is 0 Å². The lowest BCUT2D eigenvalue weighted by molar-refractivity contribution is -0.130. The Balaban J connectivity index is 1.59. The second-order valence-electron chi connectivity index (χ2n) is 7.55. The van der Waals surface area contributed by atoms with Gasteiger partial charge in [-0.05, 0) is 35.4 Å². The SMILES string of the molecule is C[C@@H](Cc1c[nH]cn1)C(=O)Nc1ccc(-c2ccc(C(=O)N[C@@H](CN)C(=O)NO)cc2)cc1. The van der Waals surface area contributed by atoms with Crippen molar-refractivity contribution in [1.82, 2.24) is 20.8 Å². The predicted octanol–water partition coefficient (Wildman–Crippen LogP) is 1.46. The van der Waals surface area contributed by atoms with Crippen molar-refractivity contribution in [3.8, 4) is 11.1 Å². The van der Waals surface area contributed by atoms with Gasteiger partial charge in [0, 0.05) is 36.3 Å². The molecule has 0 spiro atoms. The molecule has 0 unspecified atom stereocenters. The van der Waals surface area contributed by atoms with E-state index < -0.39 is 17.9 Å². The zero-order valence-electron chi connectivity index (χ0n) is 18.0. The van der Waals surface area contributed by atoms with Gasteiger partial charge in [-0.25, -0.2) is 10.5 Å². The van der Waals surface area contributed by atoms with Gasteiger partial charge in [-0.15, -0.1) is 0 Å². The Morgan fingerprint density at radius 3 is 2.21 bits per heavy atom. The minimum atomic E-state index is -1.04. The molecule has 1 aromatic heterocycles. The van der Waals surface area contributed by atoms with Crippen LogP contribution in [0.2, 0.25) is 0 Å². The van der Waals surface area contributed by atoms with Crippen molar-refractivity contribution >= 4 is 23.4 Å². The Kier molecular flexibility index (Phi) is 7.90. The molecular weight excluding hydrogens is 424 g/mol. The van der Waals surface area contributed by atoms with Crippen molar-refractivity contribution < 1.29 is 19.6 Å². The van der Waals surface area contributed by atoms with Crippen molar-refractivity contribution in [1.29, 1.82) is 0 Å². The third kappa shape index (κ3) is 6.25. The number of hydroxylamine groups is 1. The van der Waals surface area contributed by atoms with Crippen LogP contribution in [0.15, 0.2) is 61.1 Å². The molecule has 3 aromatic rings. The Labute approximate surface area is 190 Å². The highest BCUT2D eigenvalue weighted by Crippen LogP contribution is 2.22. The van der Waals surface area contributed by atoms with E-state index in [4.69, 9.17) is 10.9 Å². The molecule has 33 heavy (non-hydrogen) atoms. The summed E-state index contributed by atoms with van der Waals surface area (Å²) >= 11 is 0. The zero-order chi connectivity index (χ0) is 23.8.